The number of sulfonamides is 1. The average molecular weight is 404 g/mol. The molecule has 0 saturated carbocycles. The summed E-state index contributed by atoms with van der Waals surface area (Å²) in [6, 6.07) is 8.04. The average Bonchev–Trinajstić information content (AvgIpc) is 3.35. The van der Waals surface area contributed by atoms with Gasteiger partial charge in [0.25, 0.3) is 15.9 Å². The maximum Gasteiger partial charge on any atom is 0.287 e. The molecule has 1 aliphatic heterocycles. The summed E-state index contributed by atoms with van der Waals surface area (Å²) in [6.45, 7) is 2.12. The lowest BCUT2D eigenvalue weighted by atomic mass is 10.2. The van der Waals surface area contributed by atoms with Crippen molar-refractivity contribution in [2.24, 2.45) is 4.99 Å². The second-order valence-electron chi connectivity index (χ2n) is 6.23. The summed E-state index contributed by atoms with van der Waals surface area (Å²) >= 11 is 0. The van der Waals surface area contributed by atoms with Crippen molar-refractivity contribution < 1.29 is 22.4 Å². The number of nitrogens with zero attached hydrogens (tertiary/aromatic N) is 1. The fourth-order valence-electron chi connectivity index (χ4n) is 2.57. The smallest absolute Gasteiger partial charge is 0.287 e. The summed E-state index contributed by atoms with van der Waals surface area (Å²) in [5.74, 6) is -0.495. The zero-order valence-corrected chi connectivity index (χ0v) is 16.0. The number of rotatable bonds is 6. The molecule has 2 heterocycles. The molecule has 0 unspecified atom stereocenters. The first-order valence-electron chi connectivity index (χ1n) is 8.66. The maximum absolute atomic E-state index is 12.5. The van der Waals surface area contributed by atoms with Crippen LogP contribution in [0.2, 0.25) is 0 Å². The molecule has 0 spiro atoms. The first kappa shape index (κ1) is 19.6. The number of aliphatic imine (C=N–C) groups is 1. The van der Waals surface area contributed by atoms with Gasteiger partial charge in [0.15, 0.2) is 5.76 Å². The summed E-state index contributed by atoms with van der Waals surface area (Å²) in [5.41, 5.74) is 0.292. The van der Waals surface area contributed by atoms with Crippen LogP contribution in [0.3, 0.4) is 0 Å². The number of benzene rings is 1. The summed E-state index contributed by atoms with van der Waals surface area (Å²) in [5, 5.41) is 5.10. The summed E-state index contributed by atoms with van der Waals surface area (Å²) in [4.78, 5) is 28.4. The number of carbonyl (C=O) groups excluding carboxylic acids is 2. The summed E-state index contributed by atoms with van der Waals surface area (Å²) in [7, 11) is -3.79. The van der Waals surface area contributed by atoms with E-state index in [4.69, 9.17) is 4.42 Å². The van der Waals surface area contributed by atoms with Crippen LogP contribution >= 0.6 is 0 Å². The van der Waals surface area contributed by atoms with Crippen LogP contribution in [0.25, 0.3) is 0 Å². The molecule has 28 heavy (non-hydrogen) atoms. The molecule has 2 amide bonds. The first-order chi connectivity index (χ1) is 13.3. The molecule has 1 aromatic heterocycles. The van der Waals surface area contributed by atoms with Gasteiger partial charge in [0.05, 0.1) is 11.2 Å². The topological polar surface area (TPSA) is 130 Å². The summed E-state index contributed by atoms with van der Waals surface area (Å²) < 4.78 is 32.4. The third kappa shape index (κ3) is 4.77. The van der Waals surface area contributed by atoms with E-state index in [2.05, 4.69) is 20.3 Å². The lowest BCUT2D eigenvalue weighted by Gasteiger charge is -2.14. The molecule has 10 heteroatoms. The molecule has 0 saturated heterocycles. The van der Waals surface area contributed by atoms with Gasteiger partial charge in [-0.05, 0) is 43.7 Å². The Morgan fingerprint density at radius 2 is 2.04 bits per heavy atom. The van der Waals surface area contributed by atoms with E-state index < -0.39 is 27.9 Å². The van der Waals surface area contributed by atoms with Crippen LogP contribution < -0.4 is 15.4 Å². The molecule has 1 atom stereocenters. The minimum absolute atomic E-state index is 0.00664. The van der Waals surface area contributed by atoms with Gasteiger partial charge in [0.1, 0.15) is 11.9 Å². The van der Waals surface area contributed by atoms with Gasteiger partial charge in [0.2, 0.25) is 5.91 Å². The first-order valence-corrected chi connectivity index (χ1v) is 10.1. The monoisotopic (exact) mass is 404 g/mol. The van der Waals surface area contributed by atoms with Gasteiger partial charge in [0, 0.05) is 18.7 Å². The second kappa shape index (κ2) is 8.26. The van der Waals surface area contributed by atoms with Crippen LogP contribution in [0.1, 0.15) is 30.3 Å². The van der Waals surface area contributed by atoms with E-state index >= 15 is 0 Å². The molecule has 148 valence electrons. The minimum Gasteiger partial charge on any atom is -0.459 e. The predicted molar refractivity (Wildman–Crippen MR) is 103 cm³/mol. The Hall–Kier alpha value is -3.14. The number of furan rings is 1. The Labute approximate surface area is 162 Å². The molecular formula is C18H20N4O5S. The van der Waals surface area contributed by atoms with Crippen molar-refractivity contribution in [3.8, 4) is 0 Å². The van der Waals surface area contributed by atoms with Gasteiger partial charge >= 0.3 is 0 Å². The number of amidine groups is 1. The van der Waals surface area contributed by atoms with Gasteiger partial charge in [-0.2, -0.15) is 0 Å². The highest BCUT2D eigenvalue weighted by Crippen LogP contribution is 2.16. The van der Waals surface area contributed by atoms with Gasteiger partial charge in [-0.25, -0.2) is 8.42 Å². The largest absolute Gasteiger partial charge is 0.459 e. The normalized spacial score (nSPS) is 14.8. The van der Waals surface area contributed by atoms with Gasteiger partial charge in [-0.15, -0.1) is 0 Å². The Morgan fingerprint density at radius 3 is 2.71 bits per heavy atom. The van der Waals surface area contributed by atoms with Crippen LogP contribution in [0, 0.1) is 0 Å². The fourth-order valence-corrected chi connectivity index (χ4v) is 3.70. The van der Waals surface area contributed by atoms with Crippen LogP contribution in [-0.2, 0) is 14.8 Å². The van der Waals surface area contributed by atoms with E-state index in [1.807, 2.05) is 0 Å². The highest BCUT2D eigenvalue weighted by Gasteiger charge is 2.21. The number of amides is 2. The molecule has 3 N–H and O–H groups in total. The van der Waals surface area contributed by atoms with E-state index in [1.54, 1.807) is 12.1 Å². The van der Waals surface area contributed by atoms with Crippen LogP contribution in [0.4, 0.5) is 5.69 Å². The maximum atomic E-state index is 12.5. The Morgan fingerprint density at radius 1 is 1.21 bits per heavy atom. The molecule has 1 aliphatic rings. The fraction of sp³-hybridized carbons (Fsp3) is 0.278. The lowest BCUT2D eigenvalue weighted by molar-refractivity contribution is -0.117. The van der Waals surface area contributed by atoms with Crippen molar-refractivity contribution in [3.63, 3.8) is 0 Å². The van der Waals surface area contributed by atoms with Crippen molar-refractivity contribution in [2.45, 2.75) is 30.7 Å². The zero-order chi connectivity index (χ0) is 20.1. The van der Waals surface area contributed by atoms with E-state index in [0.29, 0.717) is 24.5 Å². The number of hydrogen-bond donors (Lipinski definition) is 3. The van der Waals surface area contributed by atoms with Gasteiger partial charge in [-0.3, -0.25) is 19.3 Å². The SMILES string of the molecule is C[C@@H](NC(=O)c1ccco1)C(=O)Nc1cccc(S(=O)(=O)NC2=NCCC2)c1. The quantitative estimate of drug-likeness (QED) is 0.672. The molecule has 0 aliphatic carbocycles. The van der Waals surface area contributed by atoms with E-state index in [0.717, 1.165) is 6.42 Å². The molecule has 0 radical (unpaired) electrons. The molecule has 0 bridgehead atoms. The standard InChI is InChI=1S/C18H20N4O5S/c1-12(20-18(24)15-7-4-10-27-15)17(23)21-13-5-2-6-14(11-13)28(25,26)22-16-8-3-9-19-16/h2,4-7,10-12H,3,8-9H2,1H3,(H,19,22)(H,20,24)(H,21,23)/t12-/m1/s1. The molecule has 0 fully saturated rings. The Kier molecular flexibility index (Phi) is 5.78. The van der Waals surface area contributed by atoms with Gasteiger partial charge < -0.3 is 15.1 Å². The van der Waals surface area contributed by atoms with Crippen molar-refractivity contribution in [3.05, 3.63) is 48.4 Å². The summed E-state index contributed by atoms with van der Waals surface area (Å²) in [6.07, 6.45) is 2.76. The Balaban J connectivity index is 1.65. The van der Waals surface area contributed by atoms with E-state index in [1.165, 1.54) is 37.5 Å². The highest BCUT2D eigenvalue weighted by atomic mass is 32.2. The van der Waals surface area contributed by atoms with Crippen LogP contribution in [-0.4, -0.2) is 38.7 Å². The van der Waals surface area contributed by atoms with Crippen molar-refractivity contribution in [2.75, 3.05) is 11.9 Å². The number of nitrogens with one attached hydrogen (secondary N) is 3. The minimum atomic E-state index is -3.79. The van der Waals surface area contributed by atoms with Crippen molar-refractivity contribution in [1.29, 1.82) is 0 Å². The molecule has 9 nitrogen and oxygen atoms in total. The number of carbonyl (C=O) groups is 2. The van der Waals surface area contributed by atoms with Gasteiger partial charge in [-0.1, -0.05) is 6.07 Å². The van der Waals surface area contributed by atoms with E-state index in [-0.39, 0.29) is 10.7 Å². The van der Waals surface area contributed by atoms with Crippen molar-refractivity contribution in [1.82, 2.24) is 10.0 Å². The molecular weight excluding hydrogens is 384 g/mol. The second-order valence-corrected chi connectivity index (χ2v) is 7.91. The predicted octanol–water partition coefficient (Wildman–Crippen LogP) is 1.51. The third-order valence-corrected chi connectivity index (χ3v) is 5.40. The van der Waals surface area contributed by atoms with Crippen LogP contribution in [0.5, 0.6) is 0 Å². The molecule has 2 aromatic rings. The number of anilines is 1. The highest BCUT2D eigenvalue weighted by molar-refractivity contribution is 7.90. The van der Waals surface area contributed by atoms with Crippen LogP contribution in [0.15, 0.2) is 57.0 Å². The third-order valence-electron chi connectivity index (χ3n) is 4.02. The number of hydrogen-bond acceptors (Lipinski definition) is 6. The van der Waals surface area contributed by atoms with E-state index in [9.17, 15) is 18.0 Å². The molecule has 1 aromatic carbocycles. The van der Waals surface area contributed by atoms with Crippen molar-refractivity contribution >= 4 is 33.4 Å². The zero-order valence-electron chi connectivity index (χ0n) is 15.1. The Bertz CT molecular complexity index is 999. The lowest BCUT2D eigenvalue weighted by Crippen LogP contribution is -2.41. The molecule has 3 rings (SSSR count).